The monoisotopic (exact) mass is 304 g/mol. The Balaban J connectivity index is 2.14. The number of aromatic nitrogens is 2. The molecule has 2 aromatic rings. The number of nitriles is 1. The lowest BCUT2D eigenvalue weighted by molar-refractivity contribution is 0.595. The second-order valence-electron chi connectivity index (χ2n) is 4.88. The number of sulfonamides is 1. The Morgan fingerprint density at radius 3 is 2.67 bits per heavy atom. The summed E-state index contributed by atoms with van der Waals surface area (Å²) in [5.41, 5.74) is 1.69. The molecule has 2 N–H and O–H groups in total. The normalized spacial score (nSPS) is 12.6. The summed E-state index contributed by atoms with van der Waals surface area (Å²) in [6.45, 7) is 3.51. The molecule has 0 saturated carbocycles. The van der Waals surface area contributed by atoms with E-state index in [0.29, 0.717) is 5.69 Å². The Bertz CT molecular complexity index is 760. The number of H-pyrrole nitrogens is 1. The Morgan fingerprint density at radius 2 is 2.05 bits per heavy atom. The number of hydrogen-bond acceptors (Lipinski definition) is 4. The van der Waals surface area contributed by atoms with Crippen LogP contribution in [0.2, 0.25) is 0 Å². The number of aromatic amines is 1. The van der Waals surface area contributed by atoms with E-state index in [1.807, 2.05) is 43.3 Å². The lowest BCUT2D eigenvalue weighted by Gasteiger charge is -2.12. The fourth-order valence-electron chi connectivity index (χ4n) is 2.04. The van der Waals surface area contributed by atoms with Gasteiger partial charge in [-0.2, -0.15) is 10.4 Å². The third-order valence-corrected chi connectivity index (χ3v) is 4.59. The number of nitrogens with one attached hydrogen (secondary N) is 2. The van der Waals surface area contributed by atoms with Crippen molar-refractivity contribution in [2.75, 3.05) is 10.5 Å². The zero-order valence-electron chi connectivity index (χ0n) is 11.8. The molecular formula is C14H16N4O2S. The fourth-order valence-corrected chi connectivity index (χ4v) is 3.41. The van der Waals surface area contributed by atoms with Gasteiger partial charge in [0.15, 0.2) is 5.82 Å². The third-order valence-electron chi connectivity index (χ3n) is 3.15. The Hall–Kier alpha value is -2.33. The molecule has 0 aliphatic heterocycles. The first-order valence-corrected chi connectivity index (χ1v) is 8.08. The van der Waals surface area contributed by atoms with Gasteiger partial charge >= 0.3 is 0 Å². The lowest BCUT2D eigenvalue weighted by atomic mass is 10.0. The maximum Gasteiger partial charge on any atom is 0.234 e. The van der Waals surface area contributed by atoms with Crippen molar-refractivity contribution in [1.29, 1.82) is 5.26 Å². The van der Waals surface area contributed by atoms with Crippen LogP contribution in [0.4, 0.5) is 5.82 Å². The minimum atomic E-state index is -3.58. The van der Waals surface area contributed by atoms with E-state index in [4.69, 9.17) is 5.26 Å². The smallest absolute Gasteiger partial charge is 0.234 e. The van der Waals surface area contributed by atoms with Gasteiger partial charge < -0.3 is 0 Å². The molecule has 0 amide bonds. The highest BCUT2D eigenvalue weighted by Gasteiger charge is 2.20. The van der Waals surface area contributed by atoms with Gasteiger partial charge in [0.2, 0.25) is 10.0 Å². The molecular weight excluding hydrogens is 288 g/mol. The van der Waals surface area contributed by atoms with Crippen molar-refractivity contribution in [1.82, 2.24) is 10.2 Å². The second kappa shape index (κ2) is 5.97. The summed E-state index contributed by atoms with van der Waals surface area (Å²) < 4.78 is 26.7. The first kappa shape index (κ1) is 15.1. The molecule has 0 bridgehead atoms. The number of anilines is 1. The van der Waals surface area contributed by atoms with Crippen molar-refractivity contribution in [3.05, 3.63) is 47.2 Å². The van der Waals surface area contributed by atoms with Crippen molar-refractivity contribution in [2.45, 2.75) is 19.8 Å². The molecule has 1 atom stereocenters. The van der Waals surface area contributed by atoms with E-state index in [0.717, 1.165) is 5.56 Å². The van der Waals surface area contributed by atoms with Gasteiger partial charge in [-0.15, -0.1) is 0 Å². The van der Waals surface area contributed by atoms with Crippen LogP contribution in [-0.4, -0.2) is 24.4 Å². The predicted molar refractivity (Wildman–Crippen MR) is 80.3 cm³/mol. The molecule has 6 nitrogen and oxygen atoms in total. The van der Waals surface area contributed by atoms with Crippen LogP contribution in [-0.2, 0) is 10.0 Å². The van der Waals surface area contributed by atoms with Crippen molar-refractivity contribution in [2.24, 2.45) is 0 Å². The van der Waals surface area contributed by atoms with Crippen molar-refractivity contribution >= 4 is 15.8 Å². The largest absolute Gasteiger partial charge is 0.279 e. The molecule has 0 radical (unpaired) electrons. The maximum absolute atomic E-state index is 12.2. The Morgan fingerprint density at radius 1 is 1.38 bits per heavy atom. The molecule has 0 saturated heterocycles. The zero-order valence-corrected chi connectivity index (χ0v) is 12.6. The number of aryl methyl sites for hydroxylation is 1. The summed E-state index contributed by atoms with van der Waals surface area (Å²) in [4.78, 5) is 0. The minimum Gasteiger partial charge on any atom is -0.279 e. The summed E-state index contributed by atoms with van der Waals surface area (Å²) in [5.74, 6) is -0.183. The zero-order chi connectivity index (χ0) is 15.5. The van der Waals surface area contributed by atoms with Crippen LogP contribution in [0.5, 0.6) is 0 Å². The highest BCUT2D eigenvalue weighted by Crippen LogP contribution is 2.20. The summed E-state index contributed by atoms with van der Waals surface area (Å²) in [5, 5.41) is 15.4. The summed E-state index contributed by atoms with van der Waals surface area (Å²) in [6, 6.07) is 11.3. The molecule has 0 aliphatic carbocycles. The molecule has 2 rings (SSSR count). The summed E-state index contributed by atoms with van der Waals surface area (Å²) >= 11 is 0. The second-order valence-corrected chi connectivity index (χ2v) is 6.65. The molecule has 110 valence electrons. The summed E-state index contributed by atoms with van der Waals surface area (Å²) in [6.07, 6.45) is 0. The molecule has 0 aliphatic rings. The highest BCUT2D eigenvalue weighted by atomic mass is 32.2. The number of nitrogens with zero attached hydrogens (tertiary/aromatic N) is 2. The molecule has 1 aromatic carbocycles. The maximum atomic E-state index is 12.2. The van der Waals surface area contributed by atoms with E-state index >= 15 is 0 Å². The van der Waals surface area contributed by atoms with Crippen LogP contribution in [0.25, 0.3) is 0 Å². The Kier molecular flexibility index (Phi) is 4.29. The molecule has 7 heteroatoms. The van der Waals surface area contributed by atoms with Crippen LogP contribution in [0.3, 0.4) is 0 Å². The van der Waals surface area contributed by atoms with Crippen LogP contribution in [0, 0.1) is 18.3 Å². The lowest BCUT2D eigenvalue weighted by Crippen LogP contribution is -2.21. The van der Waals surface area contributed by atoms with Crippen molar-refractivity contribution in [3.63, 3.8) is 0 Å². The van der Waals surface area contributed by atoms with E-state index in [9.17, 15) is 8.42 Å². The van der Waals surface area contributed by atoms with Gasteiger partial charge in [0.1, 0.15) is 11.6 Å². The standard InChI is InChI=1S/C14H16N4O2S/c1-10(12-6-4-3-5-7-12)9-21(19,20)18-14-13(8-15)11(2)16-17-14/h3-7,10H,9H2,1-2H3,(H2,16,17,18)/t10-/m0/s1. The van der Waals surface area contributed by atoms with Crippen LogP contribution < -0.4 is 4.72 Å². The average molecular weight is 304 g/mol. The van der Waals surface area contributed by atoms with Gasteiger partial charge in [-0.1, -0.05) is 37.3 Å². The van der Waals surface area contributed by atoms with Gasteiger partial charge in [-0.3, -0.25) is 9.82 Å². The number of hydrogen-bond donors (Lipinski definition) is 2. The summed E-state index contributed by atoms with van der Waals surface area (Å²) in [7, 11) is -3.58. The molecule has 21 heavy (non-hydrogen) atoms. The quantitative estimate of drug-likeness (QED) is 0.884. The molecule has 1 aromatic heterocycles. The Labute approximate surface area is 123 Å². The first-order chi connectivity index (χ1) is 9.93. The van der Waals surface area contributed by atoms with E-state index in [1.165, 1.54) is 0 Å². The van der Waals surface area contributed by atoms with Crippen molar-refractivity contribution < 1.29 is 8.42 Å². The fraction of sp³-hybridized carbons (Fsp3) is 0.286. The third kappa shape index (κ3) is 3.61. The van der Waals surface area contributed by atoms with Crippen molar-refractivity contribution in [3.8, 4) is 6.07 Å². The molecule has 0 fully saturated rings. The van der Waals surface area contributed by atoms with Gasteiger partial charge in [0.25, 0.3) is 0 Å². The first-order valence-electron chi connectivity index (χ1n) is 6.43. The van der Waals surface area contributed by atoms with Crippen LogP contribution in [0.1, 0.15) is 29.7 Å². The highest BCUT2D eigenvalue weighted by molar-refractivity contribution is 7.92. The topological polar surface area (TPSA) is 98.6 Å². The average Bonchev–Trinajstić information content (AvgIpc) is 2.78. The van der Waals surface area contributed by atoms with Gasteiger partial charge in [-0.25, -0.2) is 8.42 Å². The van der Waals surface area contributed by atoms with Gasteiger partial charge in [0, 0.05) is 0 Å². The van der Waals surface area contributed by atoms with Crippen LogP contribution in [0.15, 0.2) is 30.3 Å². The van der Waals surface area contributed by atoms with Crippen LogP contribution >= 0.6 is 0 Å². The van der Waals surface area contributed by atoms with E-state index < -0.39 is 10.0 Å². The van der Waals surface area contributed by atoms with E-state index in [-0.39, 0.29) is 23.1 Å². The van der Waals surface area contributed by atoms with E-state index in [2.05, 4.69) is 14.9 Å². The molecule has 0 unspecified atom stereocenters. The molecule has 1 heterocycles. The van der Waals surface area contributed by atoms with E-state index in [1.54, 1.807) is 6.92 Å². The minimum absolute atomic E-state index is 0.0512. The van der Waals surface area contributed by atoms with Gasteiger partial charge in [0.05, 0.1) is 11.4 Å². The predicted octanol–water partition coefficient (Wildman–Crippen LogP) is 2.14. The molecule has 0 spiro atoms. The SMILES string of the molecule is Cc1[nH]nc(NS(=O)(=O)C[C@H](C)c2ccccc2)c1C#N. The number of rotatable bonds is 5. The van der Waals surface area contributed by atoms with Gasteiger partial charge in [-0.05, 0) is 18.4 Å². The number of benzene rings is 1.